The normalized spacial score (nSPS) is 17.1. The molecule has 0 aliphatic heterocycles. The molecule has 0 bridgehead atoms. The first kappa shape index (κ1) is 9.89. The number of rotatable bonds is 4. The van der Waals surface area contributed by atoms with Gasteiger partial charge in [0.25, 0.3) is 0 Å². The lowest BCUT2D eigenvalue weighted by Crippen LogP contribution is -2.13. The van der Waals surface area contributed by atoms with Crippen LogP contribution in [-0.4, -0.2) is 16.5 Å². The molecule has 0 amide bonds. The highest BCUT2D eigenvalue weighted by molar-refractivity contribution is 5.56. The number of hydrogen-bond acceptors (Lipinski definition) is 4. The fourth-order valence-electron chi connectivity index (χ4n) is 1.38. The minimum Gasteiger partial charge on any atom is -0.378 e. The van der Waals surface area contributed by atoms with Crippen LogP contribution in [0.4, 0.5) is 11.5 Å². The average molecular weight is 207 g/mol. The zero-order valence-corrected chi connectivity index (χ0v) is 8.56. The molecule has 1 aromatic heterocycles. The van der Waals surface area contributed by atoms with Gasteiger partial charge >= 0.3 is 5.82 Å². The summed E-state index contributed by atoms with van der Waals surface area (Å²) < 4.78 is 0. The smallest absolute Gasteiger partial charge is 0.378 e. The highest BCUT2D eigenvalue weighted by Gasteiger charge is 2.37. The summed E-state index contributed by atoms with van der Waals surface area (Å²) in [5.74, 6) is -0.0956. The standard InChI is InChI=1S/C10H13N3O2/c1-10(4-5-10)7-12-8-3-2-6-11-9(8)13(14)15/h2-3,6,12H,4-5,7H2,1H3. The van der Waals surface area contributed by atoms with Crippen LogP contribution < -0.4 is 5.32 Å². The molecule has 15 heavy (non-hydrogen) atoms. The van der Waals surface area contributed by atoms with Crippen molar-refractivity contribution >= 4 is 11.5 Å². The molecule has 1 fully saturated rings. The van der Waals surface area contributed by atoms with Gasteiger partial charge in [-0.15, -0.1) is 0 Å². The molecule has 1 aliphatic rings. The van der Waals surface area contributed by atoms with Crippen molar-refractivity contribution in [1.29, 1.82) is 0 Å². The third-order valence-corrected chi connectivity index (χ3v) is 2.77. The van der Waals surface area contributed by atoms with Gasteiger partial charge in [0, 0.05) is 6.54 Å². The van der Waals surface area contributed by atoms with Gasteiger partial charge in [0.1, 0.15) is 11.9 Å². The molecule has 0 saturated heterocycles. The van der Waals surface area contributed by atoms with E-state index in [1.807, 2.05) is 0 Å². The second-order valence-corrected chi connectivity index (χ2v) is 4.30. The molecule has 1 saturated carbocycles. The first-order valence-corrected chi connectivity index (χ1v) is 4.94. The van der Waals surface area contributed by atoms with Crippen LogP contribution in [0.3, 0.4) is 0 Å². The summed E-state index contributed by atoms with van der Waals surface area (Å²) in [5, 5.41) is 13.8. The SMILES string of the molecule is CC1(CNc2cccnc2[N+](=O)[O-])CC1. The summed E-state index contributed by atoms with van der Waals surface area (Å²) >= 11 is 0. The number of hydrogen-bond donors (Lipinski definition) is 1. The quantitative estimate of drug-likeness (QED) is 0.607. The summed E-state index contributed by atoms with van der Waals surface area (Å²) in [6.45, 7) is 2.95. The molecule has 1 aromatic rings. The number of nitrogens with zero attached hydrogens (tertiary/aromatic N) is 2. The Morgan fingerprint density at radius 1 is 1.67 bits per heavy atom. The Kier molecular flexibility index (Phi) is 2.30. The maximum atomic E-state index is 10.7. The Hall–Kier alpha value is -1.65. The molecular formula is C10H13N3O2. The topological polar surface area (TPSA) is 68.1 Å². The zero-order valence-electron chi connectivity index (χ0n) is 8.56. The lowest BCUT2D eigenvalue weighted by molar-refractivity contribution is -0.388. The third-order valence-electron chi connectivity index (χ3n) is 2.77. The molecule has 5 heteroatoms. The minimum atomic E-state index is -0.461. The summed E-state index contributed by atoms with van der Waals surface area (Å²) in [6, 6.07) is 3.39. The van der Waals surface area contributed by atoms with Crippen molar-refractivity contribution in [3.63, 3.8) is 0 Å². The molecule has 1 aliphatic carbocycles. The fraction of sp³-hybridized carbons (Fsp3) is 0.500. The Labute approximate surface area is 87.7 Å². The average Bonchev–Trinajstić information content (AvgIpc) is 2.95. The number of aromatic nitrogens is 1. The Balaban J connectivity index is 2.09. The van der Waals surface area contributed by atoms with Crippen LogP contribution in [0.2, 0.25) is 0 Å². The van der Waals surface area contributed by atoms with Gasteiger partial charge in [-0.1, -0.05) is 6.92 Å². The Morgan fingerprint density at radius 3 is 3.00 bits per heavy atom. The summed E-state index contributed by atoms with van der Waals surface area (Å²) in [7, 11) is 0. The molecule has 0 aromatic carbocycles. The molecular weight excluding hydrogens is 194 g/mol. The van der Waals surface area contributed by atoms with Gasteiger partial charge in [0.05, 0.1) is 0 Å². The number of nitrogens with one attached hydrogen (secondary N) is 1. The lowest BCUT2D eigenvalue weighted by atomic mass is 10.1. The number of nitro groups is 1. The van der Waals surface area contributed by atoms with E-state index in [-0.39, 0.29) is 5.82 Å². The summed E-state index contributed by atoms with van der Waals surface area (Å²) in [6.07, 6.45) is 3.81. The van der Waals surface area contributed by atoms with E-state index in [9.17, 15) is 10.1 Å². The van der Waals surface area contributed by atoms with E-state index >= 15 is 0 Å². The molecule has 5 nitrogen and oxygen atoms in total. The van der Waals surface area contributed by atoms with Crippen molar-refractivity contribution < 1.29 is 4.92 Å². The summed E-state index contributed by atoms with van der Waals surface area (Å²) in [4.78, 5) is 13.9. The van der Waals surface area contributed by atoms with Crippen LogP contribution in [0.15, 0.2) is 18.3 Å². The predicted molar refractivity (Wildman–Crippen MR) is 56.7 cm³/mol. The van der Waals surface area contributed by atoms with Gasteiger partial charge in [-0.05, 0) is 40.3 Å². The minimum absolute atomic E-state index is 0.0956. The van der Waals surface area contributed by atoms with E-state index in [4.69, 9.17) is 0 Å². The van der Waals surface area contributed by atoms with Crippen LogP contribution in [0.5, 0.6) is 0 Å². The second-order valence-electron chi connectivity index (χ2n) is 4.30. The van der Waals surface area contributed by atoms with Crippen LogP contribution in [-0.2, 0) is 0 Å². The van der Waals surface area contributed by atoms with E-state index in [0.29, 0.717) is 11.1 Å². The van der Waals surface area contributed by atoms with Crippen LogP contribution in [0.1, 0.15) is 19.8 Å². The lowest BCUT2D eigenvalue weighted by Gasteiger charge is -2.10. The van der Waals surface area contributed by atoms with Crippen molar-refractivity contribution in [2.45, 2.75) is 19.8 Å². The Morgan fingerprint density at radius 2 is 2.40 bits per heavy atom. The van der Waals surface area contributed by atoms with E-state index < -0.39 is 4.92 Å². The largest absolute Gasteiger partial charge is 0.386 e. The molecule has 2 rings (SSSR count). The third kappa shape index (κ3) is 2.23. The van der Waals surface area contributed by atoms with E-state index in [0.717, 1.165) is 6.54 Å². The molecule has 1 heterocycles. The zero-order chi connectivity index (χ0) is 10.9. The van der Waals surface area contributed by atoms with Gasteiger partial charge in [0.2, 0.25) is 0 Å². The molecule has 0 spiro atoms. The maximum Gasteiger partial charge on any atom is 0.386 e. The highest BCUT2D eigenvalue weighted by atomic mass is 16.6. The van der Waals surface area contributed by atoms with Crippen molar-refractivity contribution in [3.8, 4) is 0 Å². The first-order valence-electron chi connectivity index (χ1n) is 4.94. The van der Waals surface area contributed by atoms with Gasteiger partial charge in [-0.3, -0.25) is 0 Å². The fourth-order valence-corrected chi connectivity index (χ4v) is 1.38. The van der Waals surface area contributed by atoms with Crippen LogP contribution in [0.25, 0.3) is 0 Å². The van der Waals surface area contributed by atoms with Crippen molar-refractivity contribution in [1.82, 2.24) is 4.98 Å². The molecule has 0 radical (unpaired) electrons. The highest BCUT2D eigenvalue weighted by Crippen LogP contribution is 2.45. The van der Waals surface area contributed by atoms with Crippen LogP contribution in [0, 0.1) is 15.5 Å². The monoisotopic (exact) mass is 207 g/mol. The van der Waals surface area contributed by atoms with Crippen molar-refractivity contribution in [3.05, 3.63) is 28.4 Å². The molecule has 0 atom stereocenters. The molecule has 1 N–H and O–H groups in total. The van der Waals surface area contributed by atoms with Crippen molar-refractivity contribution in [2.75, 3.05) is 11.9 Å². The van der Waals surface area contributed by atoms with Gasteiger partial charge in [-0.2, -0.15) is 0 Å². The van der Waals surface area contributed by atoms with Gasteiger partial charge in [0.15, 0.2) is 0 Å². The van der Waals surface area contributed by atoms with Crippen molar-refractivity contribution in [2.24, 2.45) is 5.41 Å². The predicted octanol–water partition coefficient (Wildman–Crippen LogP) is 2.20. The van der Waals surface area contributed by atoms with Gasteiger partial charge in [-0.25, -0.2) is 0 Å². The first-order chi connectivity index (χ1) is 7.11. The van der Waals surface area contributed by atoms with E-state index in [1.165, 1.54) is 19.0 Å². The van der Waals surface area contributed by atoms with Gasteiger partial charge < -0.3 is 15.4 Å². The number of pyridine rings is 1. The number of anilines is 1. The summed E-state index contributed by atoms with van der Waals surface area (Å²) in [5.41, 5.74) is 0.833. The van der Waals surface area contributed by atoms with E-state index in [1.54, 1.807) is 12.1 Å². The van der Waals surface area contributed by atoms with Crippen LogP contribution >= 0.6 is 0 Å². The molecule has 0 unspecified atom stereocenters. The molecule has 80 valence electrons. The second kappa shape index (κ2) is 3.49. The maximum absolute atomic E-state index is 10.7. The van der Waals surface area contributed by atoms with E-state index in [2.05, 4.69) is 17.2 Å². The Bertz CT molecular complexity index is 388.